The summed E-state index contributed by atoms with van der Waals surface area (Å²) in [7, 11) is 0. The lowest BCUT2D eigenvalue weighted by Gasteiger charge is -2.48. The fourth-order valence-electron chi connectivity index (χ4n) is 3.73. The molecule has 3 unspecified atom stereocenters. The van der Waals surface area contributed by atoms with Gasteiger partial charge in [0, 0.05) is 18.9 Å². The maximum absolute atomic E-state index is 12.1. The van der Waals surface area contributed by atoms with E-state index in [4.69, 9.17) is 4.74 Å². The van der Waals surface area contributed by atoms with Gasteiger partial charge in [-0.3, -0.25) is 14.9 Å². The van der Waals surface area contributed by atoms with Crippen molar-refractivity contribution in [1.29, 1.82) is 0 Å². The molecule has 4 nitrogen and oxygen atoms in total. The smallest absolute Gasteiger partial charge is 0.230 e. The Labute approximate surface area is 108 Å². The van der Waals surface area contributed by atoms with Crippen molar-refractivity contribution in [2.24, 2.45) is 17.3 Å². The zero-order valence-corrected chi connectivity index (χ0v) is 11.5. The number of carbonyl (C=O) groups excluding carboxylic acids is 2. The average Bonchev–Trinajstić information content (AvgIpc) is 2.26. The molecule has 0 aliphatic carbocycles. The Hall–Kier alpha value is -0.900. The van der Waals surface area contributed by atoms with E-state index in [1.165, 1.54) is 0 Å². The SMILES string of the molecule is CCC1CC2(CCO1)CC(=O)NC(=O)C2C(C)C. The number of imide groups is 1. The first-order valence-corrected chi connectivity index (χ1v) is 6.94. The van der Waals surface area contributed by atoms with Crippen LogP contribution in [0.15, 0.2) is 0 Å². The van der Waals surface area contributed by atoms with Crippen LogP contribution in [0.1, 0.15) is 46.5 Å². The van der Waals surface area contributed by atoms with Gasteiger partial charge in [0.2, 0.25) is 11.8 Å². The standard InChI is InChI=1S/C14H23NO3/c1-4-10-7-14(5-6-18-10)8-11(16)15-13(17)12(14)9(2)3/h9-10,12H,4-8H2,1-3H3,(H,15,16,17). The molecule has 0 saturated carbocycles. The fraction of sp³-hybridized carbons (Fsp3) is 0.857. The molecule has 4 heteroatoms. The number of hydrogen-bond donors (Lipinski definition) is 1. The number of rotatable bonds is 2. The normalized spacial score (nSPS) is 37.1. The molecule has 0 bridgehead atoms. The zero-order valence-electron chi connectivity index (χ0n) is 11.5. The Balaban J connectivity index is 2.29. The summed E-state index contributed by atoms with van der Waals surface area (Å²) in [6, 6.07) is 0. The highest BCUT2D eigenvalue weighted by molar-refractivity contribution is 5.99. The summed E-state index contributed by atoms with van der Waals surface area (Å²) in [4.78, 5) is 23.9. The Morgan fingerprint density at radius 2 is 2.17 bits per heavy atom. The van der Waals surface area contributed by atoms with Crippen molar-refractivity contribution in [3.05, 3.63) is 0 Å². The van der Waals surface area contributed by atoms with E-state index in [9.17, 15) is 9.59 Å². The quantitative estimate of drug-likeness (QED) is 0.764. The molecule has 18 heavy (non-hydrogen) atoms. The number of nitrogens with one attached hydrogen (secondary N) is 1. The monoisotopic (exact) mass is 253 g/mol. The lowest BCUT2D eigenvalue weighted by Crippen LogP contribution is -2.56. The van der Waals surface area contributed by atoms with Crippen molar-refractivity contribution in [3.63, 3.8) is 0 Å². The van der Waals surface area contributed by atoms with Crippen LogP contribution in [0.5, 0.6) is 0 Å². The number of ether oxygens (including phenoxy) is 1. The molecule has 0 radical (unpaired) electrons. The largest absolute Gasteiger partial charge is 0.378 e. The van der Waals surface area contributed by atoms with Gasteiger partial charge in [-0.2, -0.15) is 0 Å². The van der Waals surface area contributed by atoms with E-state index < -0.39 is 0 Å². The lowest BCUT2D eigenvalue weighted by molar-refractivity contribution is -0.155. The highest BCUT2D eigenvalue weighted by Gasteiger charge is 2.51. The van der Waals surface area contributed by atoms with Crippen LogP contribution in [0.2, 0.25) is 0 Å². The third-order valence-corrected chi connectivity index (χ3v) is 4.43. The Kier molecular flexibility index (Phi) is 3.76. The lowest BCUT2D eigenvalue weighted by atomic mass is 9.60. The summed E-state index contributed by atoms with van der Waals surface area (Å²) in [5.74, 6) is -0.00601. The van der Waals surface area contributed by atoms with Gasteiger partial charge in [-0.15, -0.1) is 0 Å². The van der Waals surface area contributed by atoms with E-state index in [0.717, 1.165) is 19.3 Å². The molecule has 2 fully saturated rings. The Bertz CT molecular complexity index is 353. The third kappa shape index (κ3) is 2.30. The summed E-state index contributed by atoms with van der Waals surface area (Å²) in [5.41, 5.74) is -0.174. The summed E-state index contributed by atoms with van der Waals surface area (Å²) in [6.45, 7) is 6.90. The molecule has 3 atom stereocenters. The second-order valence-corrected chi connectivity index (χ2v) is 6.03. The topological polar surface area (TPSA) is 55.4 Å². The van der Waals surface area contributed by atoms with Gasteiger partial charge in [-0.05, 0) is 30.6 Å². The molecule has 2 heterocycles. The molecule has 1 N–H and O–H groups in total. The van der Waals surface area contributed by atoms with Crippen LogP contribution in [0.3, 0.4) is 0 Å². The minimum atomic E-state index is -0.174. The molecule has 1 spiro atoms. The van der Waals surface area contributed by atoms with Crippen molar-refractivity contribution in [1.82, 2.24) is 5.32 Å². The van der Waals surface area contributed by atoms with E-state index in [-0.39, 0.29) is 35.2 Å². The van der Waals surface area contributed by atoms with Crippen LogP contribution in [0.25, 0.3) is 0 Å². The van der Waals surface area contributed by atoms with E-state index in [0.29, 0.717) is 13.0 Å². The molecule has 0 aromatic heterocycles. The maximum atomic E-state index is 12.1. The molecule has 2 amide bonds. The molecular weight excluding hydrogens is 230 g/mol. The van der Waals surface area contributed by atoms with Gasteiger partial charge in [0.1, 0.15) is 0 Å². The summed E-state index contributed by atoms with van der Waals surface area (Å²) in [6.07, 6.45) is 3.28. The summed E-state index contributed by atoms with van der Waals surface area (Å²) < 4.78 is 5.71. The number of piperidine rings is 1. The first-order chi connectivity index (χ1) is 8.48. The third-order valence-electron chi connectivity index (χ3n) is 4.43. The fourth-order valence-corrected chi connectivity index (χ4v) is 3.73. The molecule has 2 aliphatic heterocycles. The first-order valence-electron chi connectivity index (χ1n) is 6.94. The highest BCUT2D eigenvalue weighted by atomic mass is 16.5. The van der Waals surface area contributed by atoms with Gasteiger partial charge in [0.25, 0.3) is 0 Å². The van der Waals surface area contributed by atoms with Crippen LogP contribution in [-0.2, 0) is 14.3 Å². The van der Waals surface area contributed by atoms with Crippen molar-refractivity contribution in [2.75, 3.05) is 6.61 Å². The van der Waals surface area contributed by atoms with Crippen LogP contribution in [0.4, 0.5) is 0 Å². The van der Waals surface area contributed by atoms with E-state index in [1.807, 2.05) is 0 Å². The highest BCUT2D eigenvalue weighted by Crippen LogP contribution is 2.48. The van der Waals surface area contributed by atoms with E-state index in [1.54, 1.807) is 0 Å². The molecule has 2 saturated heterocycles. The van der Waals surface area contributed by atoms with Crippen LogP contribution in [-0.4, -0.2) is 24.5 Å². The minimum Gasteiger partial charge on any atom is -0.378 e. The molecule has 2 rings (SSSR count). The predicted octanol–water partition coefficient (Wildman–Crippen LogP) is 1.88. The minimum absolute atomic E-state index is 0.0619. The Morgan fingerprint density at radius 3 is 2.78 bits per heavy atom. The molecule has 0 aromatic carbocycles. The van der Waals surface area contributed by atoms with Gasteiger partial charge >= 0.3 is 0 Å². The van der Waals surface area contributed by atoms with Crippen molar-refractivity contribution >= 4 is 11.8 Å². The summed E-state index contributed by atoms with van der Waals surface area (Å²) >= 11 is 0. The predicted molar refractivity (Wildman–Crippen MR) is 67.8 cm³/mol. The van der Waals surface area contributed by atoms with Crippen LogP contribution < -0.4 is 5.32 Å². The van der Waals surface area contributed by atoms with Crippen molar-refractivity contribution in [2.45, 2.75) is 52.6 Å². The average molecular weight is 253 g/mol. The van der Waals surface area contributed by atoms with Gasteiger partial charge < -0.3 is 4.74 Å². The Morgan fingerprint density at radius 1 is 1.44 bits per heavy atom. The van der Waals surface area contributed by atoms with Gasteiger partial charge in [0.15, 0.2) is 0 Å². The van der Waals surface area contributed by atoms with Crippen LogP contribution >= 0.6 is 0 Å². The second-order valence-electron chi connectivity index (χ2n) is 6.03. The van der Waals surface area contributed by atoms with Gasteiger partial charge in [-0.1, -0.05) is 20.8 Å². The van der Waals surface area contributed by atoms with Gasteiger partial charge in [0.05, 0.1) is 6.10 Å². The van der Waals surface area contributed by atoms with Crippen molar-refractivity contribution in [3.8, 4) is 0 Å². The van der Waals surface area contributed by atoms with E-state index in [2.05, 4.69) is 26.1 Å². The van der Waals surface area contributed by atoms with Crippen molar-refractivity contribution < 1.29 is 14.3 Å². The maximum Gasteiger partial charge on any atom is 0.230 e. The number of carbonyl (C=O) groups is 2. The van der Waals surface area contributed by atoms with Gasteiger partial charge in [-0.25, -0.2) is 0 Å². The summed E-state index contributed by atoms with van der Waals surface area (Å²) in [5, 5.41) is 2.50. The van der Waals surface area contributed by atoms with E-state index >= 15 is 0 Å². The molecule has 0 aromatic rings. The molecular formula is C14H23NO3. The zero-order chi connectivity index (χ0) is 13.3. The molecule has 2 aliphatic rings. The second kappa shape index (κ2) is 5.00. The van der Waals surface area contributed by atoms with Crippen LogP contribution in [0, 0.1) is 17.3 Å². The number of hydrogen-bond acceptors (Lipinski definition) is 3. The number of amides is 2. The first kappa shape index (κ1) is 13.5. The molecule has 102 valence electrons.